The van der Waals surface area contributed by atoms with E-state index in [1.165, 1.54) is 7.11 Å². The number of para-hydroxylation sites is 1. The summed E-state index contributed by atoms with van der Waals surface area (Å²) < 4.78 is 4.73. The van der Waals surface area contributed by atoms with Crippen molar-refractivity contribution >= 4 is 29.5 Å². The highest BCUT2D eigenvalue weighted by Gasteiger charge is 2.35. The zero-order valence-corrected chi connectivity index (χ0v) is 24.0. The number of nitrogens with zero attached hydrogens (tertiary/aromatic N) is 1. The fourth-order valence-electron chi connectivity index (χ4n) is 4.72. The molecule has 0 saturated heterocycles. The van der Waals surface area contributed by atoms with E-state index in [1.54, 1.807) is 25.7 Å². The number of amides is 4. The second kappa shape index (κ2) is 13.3. The van der Waals surface area contributed by atoms with Gasteiger partial charge in [-0.1, -0.05) is 39.0 Å². The topological polar surface area (TPSA) is 177 Å². The zero-order chi connectivity index (χ0) is 29.5. The maximum absolute atomic E-state index is 13.5. The first-order chi connectivity index (χ1) is 18.1. The quantitative estimate of drug-likeness (QED) is 0.263. The van der Waals surface area contributed by atoms with Crippen LogP contribution in [0.3, 0.4) is 0 Å². The van der Waals surface area contributed by atoms with Gasteiger partial charge in [-0.3, -0.25) is 14.4 Å². The molecule has 1 heterocycles. The minimum absolute atomic E-state index is 0.0957. The lowest BCUT2D eigenvalue weighted by atomic mass is 9.79. The fraction of sp³-hybridized carbons (Fsp3) is 0.643. The van der Waals surface area contributed by atoms with Crippen molar-refractivity contribution in [2.75, 3.05) is 25.1 Å². The number of benzene rings is 1. The largest absolute Gasteiger partial charge is 0.453 e. The van der Waals surface area contributed by atoms with Gasteiger partial charge in [0.15, 0.2) is 0 Å². The Morgan fingerprint density at radius 2 is 1.82 bits per heavy atom. The normalized spacial score (nSPS) is 17.8. The van der Waals surface area contributed by atoms with Crippen LogP contribution in [0, 0.1) is 16.7 Å². The van der Waals surface area contributed by atoms with Gasteiger partial charge in [0, 0.05) is 37.2 Å². The van der Waals surface area contributed by atoms with E-state index in [9.17, 15) is 24.3 Å². The molecule has 11 nitrogen and oxygen atoms in total. The molecular formula is C28H45N5O6. The third kappa shape index (κ3) is 9.21. The van der Waals surface area contributed by atoms with Crippen LogP contribution in [0.2, 0.25) is 0 Å². The number of carbonyl (C=O) groups excluding carboxylic acids is 4. The molecule has 0 aromatic heterocycles. The highest BCUT2D eigenvalue weighted by atomic mass is 16.5. The lowest BCUT2D eigenvalue weighted by Crippen LogP contribution is -2.51. The van der Waals surface area contributed by atoms with Crippen LogP contribution in [0.5, 0.6) is 0 Å². The molecule has 7 N–H and O–H groups in total. The molecule has 39 heavy (non-hydrogen) atoms. The molecule has 11 heteroatoms. The fourth-order valence-corrected chi connectivity index (χ4v) is 4.72. The van der Waals surface area contributed by atoms with E-state index in [0.29, 0.717) is 19.4 Å². The Morgan fingerprint density at radius 3 is 2.44 bits per heavy atom. The van der Waals surface area contributed by atoms with E-state index in [4.69, 9.17) is 16.2 Å². The molecular weight excluding hydrogens is 502 g/mol. The molecule has 0 aliphatic carbocycles. The molecule has 4 unspecified atom stereocenters. The standard InChI is InChI=1S/C28H45N5O6/c1-17(24(36)31-16-28(4,5)25(30)37)11-22(34)20(29)13-27(2,3)14-23(35)33-15-19(32-26(38)39-6)12-18-9-7-8-10-21(18)33/h7-10,17,19-20,22,34H,11-16,29H2,1-6H3,(H2,30,37)(H,31,36)(H,32,38). The summed E-state index contributed by atoms with van der Waals surface area (Å²) in [5.74, 6) is -1.47. The van der Waals surface area contributed by atoms with Crippen molar-refractivity contribution in [3.05, 3.63) is 29.8 Å². The Kier molecular flexibility index (Phi) is 10.9. The van der Waals surface area contributed by atoms with Crippen LogP contribution in [0.4, 0.5) is 10.5 Å². The highest BCUT2D eigenvalue weighted by Crippen LogP contribution is 2.33. The lowest BCUT2D eigenvalue weighted by Gasteiger charge is -2.37. The van der Waals surface area contributed by atoms with Gasteiger partial charge in [-0.15, -0.1) is 0 Å². The van der Waals surface area contributed by atoms with Crippen LogP contribution < -0.4 is 27.0 Å². The maximum atomic E-state index is 13.5. The number of rotatable bonds is 12. The minimum atomic E-state index is -0.964. The number of hydrogen-bond acceptors (Lipinski definition) is 7. The van der Waals surface area contributed by atoms with E-state index in [1.807, 2.05) is 38.1 Å². The summed E-state index contributed by atoms with van der Waals surface area (Å²) >= 11 is 0. The number of ether oxygens (including phenoxy) is 1. The average Bonchev–Trinajstić information content (AvgIpc) is 2.85. The van der Waals surface area contributed by atoms with Crippen molar-refractivity contribution in [2.45, 2.75) is 78.5 Å². The third-order valence-corrected chi connectivity index (χ3v) is 7.29. The van der Waals surface area contributed by atoms with Crippen molar-refractivity contribution in [3.8, 4) is 0 Å². The number of methoxy groups -OCH3 is 1. The van der Waals surface area contributed by atoms with Gasteiger partial charge in [-0.2, -0.15) is 0 Å². The molecule has 4 atom stereocenters. The number of carbonyl (C=O) groups is 4. The van der Waals surface area contributed by atoms with Gasteiger partial charge in [0.25, 0.3) is 0 Å². The Balaban J connectivity index is 1.98. The second-order valence-electron chi connectivity index (χ2n) is 12.0. The summed E-state index contributed by atoms with van der Waals surface area (Å²) in [6.07, 6.45) is -0.275. The summed E-state index contributed by atoms with van der Waals surface area (Å²) in [7, 11) is 1.30. The minimum Gasteiger partial charge on any atom is -0.453 e. The summed E-state index contributed by atoms with van der Waals surface area (Å²) in [6.45, 7) is 9.22. The molecule has 0 saturated carbocycles. The molecule has 218 valence electrons. The van der Waals surface area contributed by atoms with E-state index in [0.717, 1.165) is 11.3 Å². The molecule has 1 aliphatic rings. The number of aliphatic hydroxyl groups excluding tert-OH is 1. The number of alkyl carbamates (subject to hydrolysis) is 1. The first kappa shape index (κ1) is 32.0. The van der Waals surface area contributed by atoms with Crippen LogP contribution in [0.25, 0.3) is 0 Å². The summed E-state index contributed by atoms with van der Waals surface area (Å²) in [6, 6.07) is 6.64. The van der Waals surface area contributed by atoms with Gasteiger partial charge in [0.2, 0.25) is 17.7 Å². The molecule has 4 amide bonds. The smallest absolute Gasteiger partial charge is 0.407 e. The van der Waals surface area contributed by atoms with Gasteiger partial charge in [0.1, 0.15) is 0 Å². The molecule has 1 aromatic rings. The Morgan fingerprint density at radius 1 is 1.18 bits per heavy atom. The monoisotopic (exact) mass is 547 g/mol. The highest BCUT2D eigenvalue weighted by molar-refractivity contribution is 5.95. The van der Waals surface area contributed by atoms with Crippen molar-refractivity contribution in [3.63, 3.8) is 0 Å². The van der Waals surface area contributed by atoms with Crippen LogP contribution in [-0.4, -0.2) is 67.3 Å². The SMILES string of the molecule is COC(=O)NC1Cc2ccccc2N(C(=O)CC(C)(C)CC(N)C(O)CC(C)C(=O)NCC(C)(C)C(N)=O)C1. The third-order valence-electron chi connectivity index (χ3n) is 7.29. The summed E-state index contributed by atoms with van der Waals surface area (Å²) in [4.78, 5) is 50.9. The van der Waals surface area contributed by atoms with Crippen LogP contribution in [-0.2, 0) is 25.5 Å². The number of primary amides is 1. The number of nitrogens with two attached hydrogens (primary N) is 2. The van der Waals surface area contributed by atoms with Crippen molar-refractivity contribution in [1.29, 1.82) is 0 Å². The molecule has 0 bridgehead atoms. The summed E-state index contributed by atoms with van der Waals surface area (Å²) in [5.41, 5.74) is 12.0. The van der Waals surface area contributed by atoms with Crippen LogP contribution in [0.1, 0.15) is 59.4 Å². The number of anilines is 1. The molecule has 1 aromatic carbocycles. The van der Waals surface area contributed by atoms with Gasteiger partial charge in [-0.05, 0) is 50.2 Å². The Labute approximate surface area is 231 Å². The Bertz CT molecular complexity index is 1040. The number of fused-ring (bicyclic) bond motifs is 1. The predicted molar refractivity (Wildman–Crippen MR) is 149 cm³/mol. The first-order valence-electron chi connectivity index (χ1n) is 13.3. The first-order valence-corrected chi connectivity index (χ1v) is 13.3. The van der Waals surface area contributed by atoms with Crippen molar-refractivity contribution in [2.24, 2.45) is 28.2 Å². The van der Waals surface area contributed by atoms with Gasteiger partial charge >= 0.3 is 6.09 Å². The molecule has 0 fully saturated rings. The maximum Gasteiger partial charge on any atom is 0.407 e. The Hall–Kier alpha value is -3.18. The second-order valence-corrected chi connectivity index (χ2v) is 12.0. The van der Waals surface area contributed by atoms with Gasteiger partial charge < -0.3 is 36.8 Å². The number of hydrogen-bond donors (Lipinski definition) is 5. The van der Waals surface area contributed by atoms with Gasteiger partial charge in [-0.25, -0.2) is 4.79 Å². The van der Waals surface area contributed by atoms with Crippen LogP contribution in [0.15, 0.2) is 24.3 Å². The molecule has 2 rings (SSSR count). The number of nitrogens with one attached hydrogen (secondary N) is 2. The lowest BCUT2D eigenvalue weighted by molar-refractivity contribution is -0.128. The van der Waals surface area contributed by atoms with Crippen molar-refractivity contribution in [1.82, 2.24) is 10.6 Å². The van der Waals surface area contributed by atoms with E-state index in [-0.39, 0.29) is 37.2 Å². The van der Waals surface area contributed by atoms with Crippen molar-refractivity contribution < 1.29 is 29.0 Å². The van der Waals surface area contributed by atoms with E-state index >= 15 is 0 Å². The van der Waals surface area contributed by atoms with E-state index in [2.05, 4.69) is 10.6 Å². The van der Waals surface area contributed by atoms with Gasteiger partial charge in [0.05, 0.1) is 24.7 Å². The zero-order valence-electron chi connectivity index (χ0n) is 24.0. The molecule has 0 spiro atoms. The molecule has 1 aliphatic heterocycles. The number of aliphatic hydroxyl groups is 1. The summed E-state index contributed by atoms with van der Waals surface area (Å²) in [5, 5.41) is 16.2. The van der Waals surface area contributed by atoms with Crippen LogP contribution >= 0.6 is 0 Å². The average molecular weight is 548 g/mol. The van der Waals surface area contributed by atoms with E-state index < -0.39 is 40.9 Å². The molecule has 0 radical (unpaired) electrons. The predicted octanol–water partition coefficient (Wildman–Crippen LogP) is 1.45.